The zero-order valence-electron chi connectivity index (χ0n) is 17.7. The number of benzene rings is 3. The van der Waals surface area contributed by atoms with Gasteiger partial charge in [-0.25, -0.2) is 0 Å². The van der Waals surface area contributed by atoms with Gasteiger partial charge in [0.05, 0.1) is 37.4 Å². The van der Waals surface area contributed by atoms with E-state index in [1.165, 1.54) is 0 Å². The van der Waals surface area contributed by atoms with Crippen molar-refractivity contribution in [3.05, 3.63) is 90.1 Å². The second-order valence-electron chi connectivity index (χ2n) is 7.40. The van der Waals surface area contributed by atoms with Gasteiger partial charge in [0.2, 0.25) is 0 Å². The van der Waals surface area contributed by atoms with Crippen LogP contribution in [-0.2, 0) is 0 Å². The Balaban J connectivity index is 1.64. The minimum atomic E-state index is -0.472. The van der Waals surface area contributed by atoms with E-state index in [1.54, 1.807) is 25.3 Å². The maximum Gasteiger partial charge on any atom is 0.262 e. The number of methoxy groups -OCH3 is 2. The average molecular weight is 426 g/mol. The molecule has 7 heteroatoms. The number of anilines is 2. The fourth-order valence-electron chi connectivity index (χ4n) is 3.99. The van der Waals surface area contributed by atoms with Crippen LogP contribution < -0.4 is 19.7 Å². The molecule has 1 amide bonds. The summed E-state index contributed by atoms with van der Waals surface area (Å²) in [7, 11) is 3.25. The van der Waals surface area contributed by atoms with Crippen LogP contribution in [0.3, 0.4) is 0 Å². The molecule has 1 aromatic heterocycles. The molecule has 0 unspecified atom stereocenters. The number of para-hydroxylation sites is 1. The number of hydrogen-bond donors (Lipinski definition) is 2. The highest BCUT2D eigenvalue weighted by Crippen LogP contribution is 2.40. The second kappa shape index (κ2) is 8.11. The molecule has 1 atom stereocenters. The van der Waals surface area contributed by atoms with E-state index in [0.717, 1.165) is 33.9 Å². The predicted octanol–water partition coefficient (Wildman–Crippen LogP) is 4.87. The Morgan fingerprint density at radius 2 is 1.69 bits per heavy atom. The number of carbonyl (C=O) groups is 1. The summed E-state index contributed by atoms with van der Waals surface area (Å²) in [6.45, 7) is 0. The van der Waals surface area contributed by atoms with Gasteiger partial charge in [-0.2, -0.15) is 5.10 Å². The number of H-pyrrole nitrogens is 1. The maximum atomic E-state index is 13.7. The molecular weight excluding hydrogens is 404 g/mol. The lowest BCUT2D eigenvalue weighted by atomic mass is 10.00. The fraction of sp³-hybridized carbons (Fsp3) is 0.120. The first-order valence-electron chi connectivity index (χ1n) is 10.2. The minimum absolute atomic E-state index is 0.0977. The molecule has 32 heavy (non-hydrogen) atoms. The van der Waals surface area contributed by atoms with Gasteiger partial charge >= 0.3 is 0 Å². The lowest BCUT2D eigenvalue weighted by molar-refractivity contribution is 0.0975. The molecule has 0 spiro atoms. The number of amides is 1. The van der Waals surface area contributed by atoms with E-state index in [2.05, 4.69) is 15.5 Å². The zero-order valence-corrected chi connectivity index (χ0v) is 17.7. The van der Waals surface area contributed by atoms with Crippen LogP contribution in [0.4, 0.5) is 11.4 Å². The van der Waals surface area contributed by atoms with Crippen molar-refractivity contribution in [3.63, 3.8) is 0 Å². The molecular formula is C25H22N4O3. The lowest BCUT2D eigenvalue weighted by Crippen LogP contribution is -2.43. The highest BCUT2D eigenvalue weighted by molar-refractivity contribution is 6.12. The molecule has 160 valence electrons. The Morgan fingerprint density at radius 3 is 2.47 bits per heavy atom. The molecule has 0 saturated heterocycles. The first-order valence-corrected chi connectivity index (χ1v) is 10.2. The minimum Gasteiger partial charge on any atom is -0.497 e. The topological polar surface area (TPSA) is 79.5 Å². The summed E-state index contributed by atoms with van der Waals surface area (Å²) in [6.07, 6.45) is 1.28. The number of fused-ring (bicyclic) bond motifs is 1. The van der Waals surface area contributed by atoms with E-state index < -0.39 is 6.17 Å². The van der Waals surface area contributed by atoms with Crippen molar-refractivity contribution in [1.29, 1.82) is 0 Å². The van der Waals surface area contributed by atoms with E-state index in [4.69, 9.17) is 9.47 Å². The van der Waals surface area contributed by atoms with E-state index >= 15 is 0 Å². The van der Waals surface area contributed by atoms with E-state index in [-0.39, 0.29) is 5.91 Å². The number of nitrogens with one attached hydrogen (secondary N) is 2. The summed E-state index contributed by atoms with van der Waals surface area (Å²) in [5.41, 5.74) is 4.73. The maximum absolute atomic E-state index is 13.7. The number of nitrogens with zero attached hydrogens (tertiary/aromatic N) is 2. The van der Waals surface area contributed by atoms with Crippen LogP contribution in [0.5, 0.6) is 11.5 Å². The van der Waals surface area contributed by atoms with E-state index in [9.17, 15) is 4.79 Å². The van der Waals surface area contributed by atoms with Crippen molar-refractivity contribution < 1.29 is 14.3 Å². The molecule has 2 N–H and O–H groups in total. The third-order valence-electron chi connectivity index (χ3n) is 5.60. The molecule has 0 bridgehead atoms. The highest BCUT2D eigenvalue weighted by Gasteiger charge is 2.36. The smallest absolute Gasteiger partial charge is 0.262 e. The van der Waals surface area contributed by atoms with Gasteiger partial charge in [-0.3, -0.25) is 14.8 Å². The van der Waals surface area contributed by atoms with E-state index in [1.807, 2.05) is 72.8 Å². The summed E-state index contributed by atoms with van der Waals surface area (Å²) >= 11 is 0. The molecule has 1 aliphatic heterocycles. The average Bonchev–Trinajstić information content (AvgIpc) is 3.34. The normalized spacial score (nSPS) is 15.1. The molecule has 5 rings (SSSR count). The van der Waals surface area contributed by atoms with Crippen LogP contribution in [0.2, 0.25) is 0 Å². The molecule has 7 nitrogen and oxygen atoms in total. The zero-order chi connectivity index (χ0) is 22.1. The molecule has 0 aliphatic carbocycles. The molecule has 0 radical (unpaired) electrons. The first kappa shape index (κ1) is 19.7. The van der Waals surface area contributed by atoms with Gasteiger partial charge in [0.25, 0.3) is 5.91 Å². The summed E-state index contributed by atoms with van der Waals surface area (Å²) < 4.78 is 10.7. The molecule has 1 aliphatic rings. The number of carbonyl (C=O) groups excluding carboxylic acids is 1. The Bertz CT molecular complexity index is 1270. The molecule has 0 fully saturated rings. The second-order valence-corrected chi connectivity index (χ2v) is 7.40. The third-order valence-corrected chi connectivity index (χ3v) is 5.60. The fourth-order valence-corrected chi connectivity index (χ4v) is 3.99. The van der Waals surface area contributed by atoms with Crippen LogP contribution in [0.15, 0.2) is 79.0 Å². The highest BCUT2D eigenvalue weighted by atomic mass is 16.5. The van der Waals surface area contributed by atoms with Crippen molar-refractivity contribution in [2.24, 2.45) is 0 Å². The van der Waals surface area contributed by atoms with Gasteiger partial charge in [-0.15, -0.1) is 0 Å². The number of aromatic amines is 1. The number of rotatable bonds is 5. The van der Waals surface area contributed by atoms with Gasteiger partial charge in [0.1, 0.15) is 17.7 Å². The molecule has 2 heterocycles. The van der Waals surface area contributed by atoms with Gasteiger partial charge in [0, 0.05) is 22.9 Å². The van der Waals surface area contributed by atoms with Crippen LogP contribution in [0, 0.1) is 0 Å². The predicted molar refractivity (Wildman–Crippen MR) is 123 cm³/mol. The van der Waals surface area contributed by atoms with Gasteiger partial charge in [-0.05, 0) is 48.5 Å². The number of ether oxygens (including phenoxy) is 2. The van der Waals surface area contributed by atoms with Crippen molar-refractivity contribution >= 4 is 17.3 Å². The van der Waals surface area contributed by atoms with Crippen LogP contribution in [0.25, 0.3) is 11.3 Å². The molecule has 3 aromatic carbocycles. The standard InChI is InChI=1S/C25H22N4O3/c1-31-18-12-10-16(11-13-18)23-21(15-26-28-23)24-27-22-9-4-3-8-20(22)25(30)29(24)17-6-5-7-19(14-17)32-2/h3-15,24,27H,1-2H3,(H,26,28)/t24-/m0/s1. The molecule has 0 saturated carbocycles. The van der Waals surface area contributed by atoms with Crippen LogP contribution in [-0.4, -0.2) is 30.3 Å². The monoisotopic (exact) mass is 426 g/mol. The Hall–Kier alpha value is -4.26. The summed E-state index contributed by atoms with van der Waals surface area (Å²) in [5, 5.41) is 10.9. The van der Waals surface area contributed by atoms with Crippen molar-refractivity contribution in [1.82, 2.24) is 10.2 Å². The van der Waals surface area contributed by atoms with Gasteiger partial charge in [0.15, 0.2) is 0 Å². The Morgan fingerprint density at radius 1 is 0.906 bits per heavy atom. The molecule has 4 aromatic rings. The summed E-state index contributed by atoms with van der Waals surface area (Å²) in [4.78, 5) is 15.4. The SMILES string of the molecule is COc1ccc(-c2[nH]ncc2[C@H]2Nc3ccccc3C(=O)N2c2cccc(OC)c2)cc1. The largest absolute Gasteiger partial charge is 0.497 e. The van der Waals surface area contributed by atoms with Crippen molar-refractivity contribution in [2.75, 3.05) is 24.4 Å². The number of aromatic nitrogens is 2. The quantitative estimate of drug-likeness (QED) is 0.476. The van der Waals surface area contributed by atoms with Crippen molar-refractivity contribution in [2.45, 2.75) is 6.17 Å². The Labute approximate surface area is 185 Å². The van der Waals surface area contributed by atoms with Crippen LogP contribution >= 0.6 is 0 Å². The lowest BCUT2D eigenvalue weighted by Gasteiger charge is -2.38. The summed E-state index contributed by atoms with van der Waals surface area (Å²) in [5.74, 6) is 1.35. The first-order chi connectivity index (χ1) is 15.7. The third kappa shape index (κ3) is 3.33. The van der Waals surface area contributed by atoms with Crippen LogP contribution in [0.1, 0.15) is 22.1 Å². The van der Waals surface area contributed by atoms with Gasteiger partial charge in [-0.1, -0.05) is 18.2 Å². The van der Waals surface area contributed by atoms with Gasteiger partial charge < -0.3 is 14.8 Å². The number of hydrogen-bond acceptors (Lipinski definition) is 5. The van der Waals surface area contributed by atoms with E-state index in [0.29, 0.717) is 11.3 Å². The Kier molecular flexibility index (Phi) is 4.99. The van der Waals surface area contributed by atoms with Crippen molar-refractivity contribution in [3.8, 4) is 22.8 Å². The summed E-state index contributed by atoms with van der Waals surface area (Å²) in [6, 6.07) is 22.7.